The molecule has 2 aromatic rings. The van der Waals surface area contributed by atoms with E-state index < -0.39 is 11.6 Å². The topological polar surface area (TPSA) is 41.5 Å². The second-order valence-corrected chi connectivity index (χ2v) is 4.95. The maximum atomic E-state index is 13.6. The normalized spacial score (nSPS) is 10.4. The summed E-state index contributed by atoms with van der Waals surface area (Å²) in [7, 11) is 1.49. The molecule has 2 N–H and O–H groups in total. The lowest BCUT2D eigenvalue weighted by Crippen LogP contribution is -2.02. The first-order valence-corrected chi connectivity index (χ1v) is 6.55. The molecule has 0 saturated heterocycles. The van der Waals surface area contributed by atoms with Crippen LogP contribution in [0.15, 0.2) is 34.8 Å². The van der Waals surface area contributed by atoms with Gasteiger partial charge in [-0.25, -0.2) is 8.78 Å². The number of aromatic hydroxyl groups is 1. The molecule has 0 aliphatic rings. The van der Waals surface area contributed by atoms with Crippen LogP contribution in [0, 0.1) is 11.6 Å². The van der Waals surface area contributed by atoms with Gasteiger partial charge in [0.25, 0.3) is 0 Å². The predicted octanol–water partition coefficient (Wildman–Crippen LogP) is 4.05. The van der Waals surface area contributed by atoms with Crippen molar-refractivity contribution >= 4 is 21.6 Å². The van der Waals surface area contributed by atoms with Gasteiger partial charge in [-0.1, -0.05) is 0 Å². The van der Waals surface area contributed by atoms with Crippen LogP contribution in [0.5, 0.6) is 11.5 Å². The third-order valence-corrected chi connectivity index (χ3v) is 3.38. The van der Waals surface area contributed by atoms with Crippen molar-refractivity contribution in [3.63, 3.8) is 0 Å². The van der Waals surface area contributed by atoms with E-state index in [1.54, 1.807) is 12.1 Å². The molecule has 0 aliphatic heterocycles. The highest BCUT2D eigenvalue weighted by molar-refractivity contribution is 9.10. The maximum Gasteiger partial charge on any atom is 0.147 e. The summed E-state index contributed by atoms with van der Waals surface area (Å²) in [6.45, 7) is 0.161. The number of benzene rings is 2. The molecule has 0 fully saturated rings. The first kappa shape index (κ1) is 14.6. The summed E-state index contributed by atoms with van der Waals surface area (Å²) in [6, 6.07) is 6.88. The molecule has 0 radical (unpaired) electrons. The van der Waals surface area contributed by atoms with Crippen LogP contribution in [-0.2, 0) is 6.54 Å². The lowest BCUT2D eigenvalue weighted by Gasteiger charge is -2.10. The summed E-state index contributed by atoms with van der Waals surface area (Å²) in [5.74, 6) is -0.596. The SMILES string of the molecule is COc1ccc(CNc2cc(F)c(Br)cc2F)c(O)c1. The molecule has 0 amide bonds. The first-order valence-electron chi connectivity index (χ1n) is 5.75. The van der Waals surface area contributed by atoms with Gasteiger partial charge in [0.2, 0.25) is 0 Å². The number of methoxy groups -OCH3 is 1. The quantitative estimate of drug-likeness (QED) is 0.822. The van der Waals surface area contributed by atoms with Crippen molar-refractivity contribution in [2.75, 3.05) is 12.4 Å². The Labute approximate surface area is 123 Å². The zero-order chi connectivity index (χ0) is 14.7. The van der Waals surface area contributed by atoms with Gasteiger partial charge in [0, 0.05) is 24.2 Å². The molecule has 20 heavy (non-hydrogen) atoms. The van der Waals surface area contributed by atoms with Crippen LogP contribution >= 0.6 is 15.9 Å². The molecular formula is C14H12BrF2NO2. The number of nitrogens with one attached hydrogen (secondary N) is 1. The number of phenols is 1. The van der Waals surface area contributed by atoms with Crippen LogP contribution < -0.4 is 10.1 Å². The van der Waals surface area contributed by atoms with E-state index in [0.29, 0.717) is 11.3 Å². The number of ether oxygens (including phenoxy) is 1. The fourth-order valence-corrected chi connectivity index (χ4v) is 1.98. The molecule has 6 heteroatoms. The second kappa shape index (κ2) is 6.09. The highest BCUT2D eigenvalue weighted by Crippen LogP contribution is 2.26. The molecule has 106 valence electrons. The molecule has 0 spiro atoms. The van der Waals surface area contributed by atoms with Crippen molar-refractivity contribution in [1.82, 2.24) is 0 Å². The molecular weight excluding hydrogens is 332 g/mol. The van der Waals surface area contributed by atoms with Gasteiger partial charge in [-0.15, -0.1) is 0 Å². The van der Waals surface area contributed by atoms with Gasteiger partial charge in [-0.2, -0.15) is 0 Å². The molecule has 0 aliphatic carbocycles. The van der Waals surface area contributed by atoms with Crippen LogP contribution in [0.2, 0.25) is 0 Å². The van der Waals surface area contributed by atoms with E-state index in [2.05, 4.69) is 21.2 Å². The summed E-state index contributed by atoms with van der Waals surface area (Å²) in [5, 5.41) is 12.5. The van der Waals surface area contributed by atoms with Crippen molar-refractivity contribution < 1.29 is 18.6 Å². The molecule has 0 saturated carbocycles. The number of hydrogen-bond acceptors (Lipinski definition) is 3. The summed E-state index contributed by atoms with van der Waals surface area (Å²) in [4.78, 5) is 0. The van der Waals surface area contributed by atoms with Crippen LogP contribution in [0.4, 0.5) is 14.5 Å². The number of anilines is 1. The molecule has 0 bridgehead atoms. The number of hydrogen-bond donors (Lipinski definition) is 2. The predicted molar refractivity (Wildman–Crippen MR) is 76.0 cm³/mol. The Bertz CT molecular complexity index is 635. The van der Waals surface area contributed by atoms with Crippen molar-refractivity contribution in [3.8, 4) is 11.5 Å². The Balaban J connectivity index is 2.15. The molecule has 2 rings (SSSR count). The monoisotopic (exact) mass is 343 g/mol. The molecule has 2 aromatic carbocycles. The van der Waals surface area contributed by atoms with Gasteiger partial charge in [0.1, 0.15) is 23.1 Å². The molecule has 0 aromatic heterocycles. The van der Waals surface area contributed by atoms with E-state index in [0.717, 1.165) is 12.1 Å². The van der Waals surface area contributed by atoms with E-state index >= 15 is 0 Å². The largest absolute Gasteiger partial charge is 0.507 e. The average Bonchev–Trinajstić information content (AvgIpc) is 2.42. The Hall–Kier alpha value is -1.82. The van der Waals surface area contributed by atoms with Crippen molar-refractivity contribution in [1.29, 1.82) is 0 Å². The molecule has 0 atom stereocenters. The molecule has 0 unspecified atom stereocenters. The van der Waals surface area contributed by atoms with E-state index in [1.165, 1.54) is 13.2 Å². The number of phenolic OH excluding ortho intramolecular Hbond substituents is 1. The van der Waals surface area contributed by atoms with Crippen LogP contribution in [0.25, 0.3) is 0 Å². The minimum atomic E-state index is -0.578. The van der Waals surface area contributed by atoms with E-state index in [4.69, 9.17) is 4.74 Å². The van der Waals surface area contributed by atoms with E-state index in [9.17, 15) is 13.9 Å². The Morgan fingerprint density at radius 1 is 1.20 bits per heavy atom. The zero-order valence-corrected chi connectivity index (χ0v) is 12.2. The van der Waals surface area contributed by atoms with Crippen LogP contribution in [0.1, 0.15) is 5.56 Å². The van der Waals surface area contributed by atoms with Gasteiger partial charge in [0.05, 0.1) is 17.3 Å². The minimum Gasteiger partial charge on any atom is -0.507 e. The smallest absolute Gasteiger partial charge is 0.147 e. The van der Waals surface area contributed by atoms with E-state index in [1.807, 2.05) is 0 Å². The Morgan fingerprint density at radius 2 is 1.95 bits per heavy atom. The van der Waals surface area contributed by atoms with Gasteiger partial charge in [-0.05, 0) is 34.1 Å². The number of halogens is 3. The van der Waals surface area contributed by atoms with Crippen molar-refractivity contribution in [2.45, 2.75) is 6.54 Å². The first-order chi connectivity index (χ1) is 9.51. The average molecular weight is 344 g/mol. The lowest BCUT2D eigenvalue weighted by atomic mass is 10.2. The van der Waals surface area contributed by atoms with Crippen molar-refractivity contribution in [2.24, 2.45) is 0 Å². The summed E-state index contributed by atoms with van der Waals surface area (Å²) in [5.41, 5.74) is 0.578. The lowest BCUT2D eigenvalue weighted by molar-refractivity contribution is 0.406. The van der Waals surface area contributed by atoms with Gasteiger partial charge < -0.3 is 15.2 Å². The highest BCUT2D eigenvalue weighted by atomic mass is 79.9. The zero-order valence-electron chi connectivity index (χ0n) is 10.6. The Kier molecular flexibility index (Phi) is 4.44. The second-order valence-electron chi connectivity index (χ2n) is 4.09. The fraction of sp³-hybridized carbons (Fsp3) is 0.143. The number of rotatable bonds is 4. The van der Waals surface area contributed by atoms with E-state index in [-0.39, 0.29) is 22.5 Å². The summed E-state index contributed by atoms with van der Waals surface area (Å²) < 4.78 is 32.0. The standard InChI is InChI=1S/C14H12BrF2NO2/c1-20-9-3-2-8(14(19)4-9)7-18-13-6-11(16)10(15)5-12(13)17/h2-6,18-19H,7H2,1H3. The minimum absolute atomic E-state index is 0.0230. The van der Waals surface area contributed by atoms with Crippen molar-refractivity contribution in [3.05, 3.63) is 52.0 Å². The van der Waals surface area contributed by atoms with Crippen LogP contribution in [-0.4, -0.2) is 12.2 Å². The van der Waals surface area contributed by atoms with Gasteiger partial charge in [0.15, 0.2) is 0 Å². The van der Waals surface area contributed by atoms with Gasteiger partial charge in [-0.3, -0.25) is 0 Å². The van der Waals surface area contributed by atoms with Gasteiger partial charge >= 0.3 is 0 Å². The third kappa shape index (κ3) is 3.19. The van der Waals surface area contributed by atoms with Crippen LogP contribution in [0.3, 0.4) is 0 Å². The highest BCUT2D eigenvalue weighted by Gasteiger charge is 2.09. The Morgan fingerprint density at radius 3 is 2.60 bits per heavy atom. The third-order valence-electron chi connectivity index (χ3n) is 2.77. The fourth-order valence-electron chi connectivity index (χ4n) is 1.67. The molecule has 0 heterocycles. The maximum absolute atomic E-state index is 13.6. The molecule has 3 nitrogen and oxygen atoms in total. The summed E-state index contributed by atoms with van der Waals surface area (Å²) in [6.07, 6.45) is 0. The summed E-state index contributed by atoms with van der Waals surface area (Å²) >= 11 is 2.91.